The number of hydrogen-bond acceptors (Lipinski definition) is 5. The standard InChI is InChI=1S/C10H21N3O3S2/c11-18(15,16)7-1-4-13-10(14)8-17-9-2-5-12-6-3-9/h9,12H,1-8H2,(H,13,14)(H2,11,15,16). The normalized spacial score (nSPS) is 17.6. The van der Waals surface area contributed by atoms with Crippen LogP contribution in [0, 0.1) is 0 Å². The smallest absolute Gasteiger partial charge is 0.230 e. The van der Waals surface area contributed by atoms with Crippen LogP contribution in [0.15, 0.2) is 0 Å². The maximum Gasteiger partial charge on any atom is 0.230 e. The number of rotatable bonds is 7. The lowest BCUT2D eigenvalue weighted by Crippen LogP contribution is -2.32. The number of thioether (sulfide) groups is 1. The van der Waals surface area contributed by atoms with E-state index in [0.29, 0.717) is 24.0 Å². The quantitative estimate of drug-likeness (QED) is 0.537. The third-order valence-corrected chi connectivity index (χ3v) is 4.89. The minimum atomic E-state index is -3.41. The van der Waals surface area contributed by atoms with Crippen LogP contribution in [-0.2, 0) is 14.8 Å². The molecule has 0 aliphatic carbocycles. The van der Waals surface area contributed by atoms with Gasteiger partial charge in [0.1, 0.15) is 0 Å². The minimum absolute atomic E-state index is 0.0343. The van der Waals surface area contributed by atoms with Crippen LogP contribution in [0.3, 0.4) is 0 Å². The molecule has 0 bridgehead atoms. The van der Waals surface area contributed by atoms with E-state index in [9.17, 15) is 13.2 Å². The number of nitrogens with one attached hydrogen (secondary N) is 2. The number of hydrogen-bond donors (Lipinski definition) is 3. The Morgan fingerprint density at radius 3 is 2.67 bits per heavy atom. The molecule has 0 aromatic carbocycles. The summed E-state index contributed by atoms with van der Waals surface area (Å²) in [6, 6.07) is 0. The van der Waals surface area contributed by atoms with E-state index in [1.54, 1.807) is 11.8 Å². The molecule has 1 aliphatic heterocycles. The Balaban J connectivity index is 2.03. The molecule has 0 atom stereocenters. The second kappa shape index (κ2) is 7.98. The first-order valence-electron chi connectivity index (χ1n) is 6.07. The molecule has 18 heavy (non-hydrogen) atoms. The van der Waals surface area contributed by atoms with Gasteiger partial charge in [0.25, 0.3) is 0 Å². The molecule has 0 aromatic rings. The second-order valence-corrected chi connectivity index (χ2v) is 7.35. The lowest BCUT2D eigenvalue weighted by Gasteiger charge is -2.21. The van der Waals surface area contributed by atoms with E-state index in [2.05, 4.69) is 10.6 Å². The van der Waals surface area contributed by atoms with Gasteiger partial charge in [-0.25, -0.2) is 13.6 Å². The van der Waals surface area contributed by atoms with Crippen LogP contribution in [0.25, 0.3) is 0 Å². The van der Waals surface area contributed by atoms with E-state index in [0.717, 1.165) is 25.9 Å². The van der Waals surface area contributed by atoms with Crippen LogP contribution < -0.4 is 15.8 Å². The van der Waals surface area contributed by atoms with Crippen LogP contribution >= 0.6 is 11.8 Å². The SMILES string of the molecule is NS(=O)(=O)CCCNC(=O)CSC1CCNCC1. The minimum Gasteiger partial charge on any atom is -0.355 e. The summed E-state index contributed by atoms with van der Waals surface area (Å²) >= 11 is 1.67. The van der Waals surface area contributed by atoms with E-state index in [1.165, 1.54) is 0 Å². The Bertz CT molecular complexity index is 353. The number of carbonyl (C=O) groups excluding carboxylic acids is 1. The molecule has 1 rings (SSSR count). The lowest BCUT2D eigenvalue weighted by atomic mass is 10.2. The van der Waals surface area contributed by atoms with Crippen molar-refractivity contribution in [3.05, 3.63) is 0 Å². The molecule has 1 saturated heterocycles. The van der Waals surface area contributed by atoms with Crippen molar-refractivity contribution in [3.8, 4) is 0 Å². The van der Waals surface area contributed by atoms with Gasteiger partial charge in [0.05, 0.1) is 11.5 Å². The molecule has 1 fully saturated rings. The van der Waals surface area contributed by atoms with Gasteiger partial charge in [0.2, 0.25) is 15.9 Å². The molecule has 8 heteroatoms. The molecule has 6 nitrogen and oxygen atoms in total. The molecule has 0 spiro atoms. The van der Waals surface area contributed by atoms with Crippen LogP contribution in [0.5, 0.6) is 0 Å². The largest absolute Gasteiger partial charge is 0.355 e. The van der Waals surface area contributed by atoms with Crippen molar-refractivity contribution in [2.24, 2.45) is 5.14 Å². The van der Waals surface area contributed by atoms with E-state index in [4.69, 9.17) is 5.14 Å². The topological polar surface area (TPSA) is 101 Å². The summed E-state index contributed by atoms with van der Waals surface area (Å²) in [5.41, 5.74) is 0. The van der Waals surface area contributed by atoms with Crippen molar-refractivity contribution in [2.75, 3.05) is 31.1 Å². The molecular weight excluding hydrogens is 274 g/mol. The van der Waals surface area contributed by atoms with Gasteiger partial charge in [-0.3, -0.25) is 4.79 Å². The molecule has 0 unspecified atom stereocenters. The molecule has 4 N–H and O–H groups in total. The first kappa shape index (κ1) is 15.7. The van der Waals surface area contributed by atoms with Gasteiger partial charge in [-0.05, 0) is 32.4 Å². The summed E-state index contributed by atoms with van der Waals surface area (Å²) in [5, 5.41) is 11.4. The van der Waals surface area contributed by atoms with E-state index in [-0.39, 0.29) is 11.7 Å². The third kappa shape index (κ3) is 7.91. The van der Waals surface area contributed by atoms with Crippen molar-refractivity contribution in [2.45, 2.75) is 24.5 Å². The zero-order valence-corrected chi connectivity index (χ0v) is 12.0. The third-order valence-electron chi connectivity index (χ3n) is 2.66. The number of primary sulfonamides is 1. The highest BCUT2D eigenvalue weighted by atomic mass is 32.2. The molecular formula is C10H21N3O3S2. The summed E-state index contributed by atoms with van der Waals surface area (Å²) in [4.78, 5) is 11.5. The summed E-state index contributed by atoms with van der Waals surface area (Å²) in [6.07, 6.45) is 2.56. The molecule has 1 amide bonds. The second-order valence-electron chi connectivity index (χ2n) is 4.33. The predicted molar refractivity (Wildman–Crippen MR) is 74.0 cm³/mol. The number of amides is 1. The van der Waals surface area contributed by atoms with Gasteiger partial charge in [-0.15, -0.1) is 11.8 Å². The van der Waals surface area contributed by atoms with E-state index < -0.39 is 10.0 Å². The Hall–Kier alpha value is -0.310. The Morgan fingerprint density at radius 1 is 1.39 bits per heavy atom. The first-order chi connectivity index (χ1) is 8.47. The van der Waals surface area contributed by atoms with Crippen LogP contribution in [0.4, 0.5) is 0 Å². The fourth-order valence-electron chi connectivity index (χ4n) is 1.71. The Morgan fingerprint density at radius 2 is 2.06 bits per heavy atom. The summed E-state index contributed by atoms with van der Waals surface area (Å²) in [7, 11) is -3.41. The van der Waals surface area contributed by atoms with Gasteiger partial charge in [0.15, 0.2) is 0 Å². The fourth-order valence-corrected chi connectivity index (χ4v) is 3.31. The van der Waals surface area contributed by atoms with Crippen molar-refractivity contribution in [1.29, 1.82) is 0 Å². The summed E-state index contributed by atoms with van der Waals surface area (Å²) in [6.45, 7) is 2.41. The van der Waals surface area contributed by atoms with Crippen molar-refractivity contribution < 1.29 is 13.2 Å². The zero-order valence-electron chi connectivity index (χ0n) is 10.4. The number of sulfonamides is 1. The highest BCUT2D eigenvalue weighted by Crippen LogP contribution is 2.19. The molecule has 1 aliphatic rings. The summed E-state index contributed by atoms with van der Waals surface area (Å²) in [5.74, 6) is 0.322. The monoisotopic (exact) mass is 295 g/mol. The molecule has 0 radical (unpaired) electrons. The van der Waals surface area contributed by atoms with Crippen molar-refractivity contribution in [1.82, 2.24) is 10.6 Å². The highest BCUT2D eigenvalue weighted by Gasteiger charge is 2.14. The average Bonchev–Trinajstić information content (AvgIpc) is 2.32. The van der Waals surface area contributed by atoms with Gasteiger partial charge >= 0.3 is 0 Å². The molecule has 0 saturated carbocycles. The first-order valence-corrected chi connectivity index (χ1v) is 8.83. The number of carbonyl (C=O) groups is 1. The van der Waals surface area contributed by atoms with Gasteiger partial charge in [-0.2, -0.15) is 0 Å². The lowest BCUT2D eigenvalue weighted by molar-refractivity contribution is -0.118. The maximum atomic E-state index is 11.5. The Kier molecular flexibility index (Phi) is 6.98. The van der Waals surface area contributed by atoms with Crippen LogP contribution in [0.1, 0.15) is 19.3 Å². The van der Waals surface area contributed by atoms with Crippen LogP contribution in [0.2, 0.25) is 0 Å². The van der Waals surface area contributed by atoms with Gasteiger partial charge in [0, 0.05) is 11.8 Å². The molecule has 106 valence electrons. The number of piperidine rings is 1. The average molecular weight is 295 g/mol. The Labute approximate surface area is 113 Å². The fraction of sp³-hybridized carbons (Fsp3) is 0.900. The summed E-state index contributed by atoms with van der Waals surface area (Å²) < 4.78 is 21.3. The predicted octanol–water partition coefficient (Wildman–Crippen LogP) is -0.734. The number of nitrogens with two attached hydrogens (primary N) is 1. The van der Waals surface area contributed by atoms with Gasteiger partial charge in [-0.1, -0.05) is 0 Å². The molecule has 1 heterocycles. The molecule has 0 aromatic heterocycles. The van der Waals surface area contributed by atoms with Crippen molar-refractivity contribution in [3.63, 3.8) is 0 Å². The van der Waals surface area contributed by atoms with Crippen molar-refractivity contribution >= 4 is 27.7 Å². The van der Waals surface area contributed by atoms with Crippen LogP contribution in [-0.4, -0.2) is 50.7 Å². The van der Waals surface area contributed by atoms with E-state index in [1.807, 2.05) is 0 Å². The van der Waals surface area contributed by atoms with E-state index >= 15 is 0 Å². The zero-order chi connectivity index (χ0) is 13.4. The maximum absolute atomic E-state index is 11.5. The highest BCUT2D eigenvalue weighted by molar-refractivity contribution is 8.00. The van der Waals surface area contributed by atoms with Gasteiger partial charge < -0.3 is 10.6 Å².